The Kier molecular flexibility index (Phi) is 7.11. The van der Waals surface area contributed by atoms with E-state index in [1.54, 1.807) is 0 Å². The SMILES string of the molecule is Cc1cnc(Nc2ccc(N3CCOCC3)cc2)nc1Nc1cccc(CNC(C)(C)C)c1. The number of hydrogen-bond donors (Lipinski definition) is 3. The van der Waals surface area contributed by atoms with Gasteiger partial charge in [0.05, 0.1) is 13.2 Å². The van der Waals surface area contributed by atoms with Crippen LogP contribution in [-0.2, 0) is 11.3 Å². The minimum atomic E-state index is 0.0770. The monoisotopic (exact) mass is 446 g/mol. The zero-order valence-electron chi connectivity index (χ0n) is 20.0. The number of nitrogens with zero attached hydrogens (tertiary/aromatic N) is 3. The molecule has 1 saturated heterocycles. The van der Waals surface area contributed by atoms with Crippen molar-refractivity contribution < 1.29 is 4.74 Å². The molecule has 7 heteroatoms. The first-order valence-corrected chi connectivity index (χ1v) is 11.5. The fraction of sp³-hybridized carbons (Fsp3) is 0.385. The Morgan fingerprint density at radius 2 is 1.73 bits per heavy atom. The third-order valence-electron chi connectivity index (χ3n) is 5.48. The summed E-state index contributed by atoms with van der Waals surface area (Å²) in [4.78, 5) is 11.5. The fourth-order valence-corrected chi connectivity index (χ4v) is 3.60. The number of aromatic nitrogens is 2. The van der Waals surface area contributed by atoms with Crippen LogP contribution in [0.1, 0.15) is 31.9 Å². The summed E-state index contributed by atoms with van der Waals surface area (Å²) in [5, 5.41) is 10.3. The van der Waals surface area contributed by atoms with Gasteiger partial charge in [0.1, 0.15) is 5.82 Å². The van der Waals surface area contributed by atoms with E-state index in [0.717, 1.165) is 55.6 Å². The van der Waals surface area contributed by atoms with Crippen molar-refractivity contribution in [3.8, 4) is 0 Å². The summed E-state index contributed by atoms with van der Waals surface area (Å²) in [5.41, 5.74) is 5.45. The molecule has 3 N–H and O–H groups in total. The van der Waals surface area contributed by atoms with E-state index < -0.39 is 0 Å². The molecular formula is C26H34N6O. The normalized spacial score (nSPS) is 14.2. The van der Waals surface area contributed by atoms with E-state index in [9.17, 15) is 0 Å². The minimum Gasteiger partial charge on any atom is -0.378 e. The first-order valence-electron chi connectivity index (χ1n) is 11.5. The van der Waals surface area contributed by atoms with Crippen LogP contribution in [0, 0.1) is 6.92 Å². The van der Waals surface area contributed by atoms with Crippen LogP contribution in [0.2, 0.25) is 0 Å². The Bertz CT molecular complexity index is 1060. The standard InChI is InChI=1S/C26H34N6O/c1-19-17-27-25(30-21-8-10-23(11-9-21)32-12-14-33-15-13-32)31-24(19)29-22-7-5-6-20(16-22)18-28-26(2,3)4/h5-11,16-17,28H,12-15,18H2,1-4H3,(H2,27,29,30,31). The number of benzene rings is 2. The summed E-state index contributed by atoms with van der Waals surface area (Å²) in [5.74, 6) is 1.35. The number of rotatable bonds is 7. The summed E-state index contributed by atoms with van der Waals surface area (Å²) in [6.45, 7) is 12.8. The highest BCUT2D eigenvalue weighted by Crippen LogP contribution is 2.24. The van der Waals surface area contributed by atoms with Gasteiger partial charge in [0, 0.05) is 54.0 Å². The molecule has 1 aromatic heterocycles. The van der Waals surface area contributed by atoms with E-state index in [-0.39, 0.29) is 5.54 Å². The minimum absolute atomic E-state index is 0.0770. The van der Waals surface area contributed by atoms with Gasteiger partial charge in [0.15, 0.2) is 0 Å². The average Bonchev–Trinajstić information content (AvgIpc) is 2.81. The molecule has 1 fully saturated rings. The van der Waals surface area contributed by atoms with Crippen molar-refractivity contribution in [1.29, 1.82) is 0 Å². The van der Waals surface area contributed by atoms with Crippen LogP contribution in [0.25, 0.3) is 0 Å². The summed E-state index contributed by atoms with van der Waals surface area (Å²) in [6, 6.07) is 16.8. The fourth-order valence-electron chi connectivity index (χ4n) is 3.60. The summed E-state index contributed by atoms with van der Waals surface area (Å²) in [7, 11) is 0. The van der Waals surface area contributed by atoms with Crippen LogP contribution in [-0.4, -0.2) is 41.8 Å². The number of anilines is 5. The number of morpholine rings is 1. The summed E-state index contributed by atoms with van der Waals surface area (Å²) < 4.78 is 5.44. The molecule has 0 saturated carbocycles. The highest BCUT2D eigenvalue weighted by Gasteiger charge is 2.12. The highest BCUT2D eigenvalue weighted by atomic mass is 16.5. The Hall–Kier alpha value is -3.16. The second-order valence-electron chi connectivity index (χ2n) is 9.43. The van der Waals surface area contributed by atoms with Crippen molar-refractivity contribution in [2.24, 2.45) is 0 Å². The predicted molar refractivity (Wildman–Crippen MR) is 136 cm³/mol. The molecule has 7 nitrogen and oxygen atoms in total. The van der Waals surface area contributed by atoms with Crippen molar-refractivity contribution in [2.45, 2.75) is 39.8 Å². The molecule has 0 bridgehead atoms. The van der Waals surface area contributed by atoms with Crippen LogP contribution in [0.5, 0.6) is 0 Å². The van der Waals surface area contributed by atoms with Crippen molar-refractivity contribution >= 4 is 28.8 Å². The van der Waals surface area contributed by atoms with Gasteiger partial charge in [-0.1, -0.05) is 12.1 Å². The summed E-state index contributed by atoms with van der Waals surface area (Å²) in [6.07, 6.45) is 1.84. The van der Waals surface area contributed by atoms with Crippen LogP contribution < -0.4 is 20.9 Å². The lowest BCUT2D eigenvalue weighted by Gasteiger charge is -2.28. The maximum Gasteiger partial charge on any atom is 0.229 e. The second kappa shape index (κ2) is 10.2. The molecule has 0 unspecified atom stereocenters. The second-order valence-corrected chi connectivity index (χ2v) is 9.43. The van der Waals surface area contributed by atoms with Gasteiger partial charge < -0.3 is 25.6 Å². The Balaban J connectivity index is 1.43. The molecule has 174 valence electrons. The molecule has 2 aromatic carbocycles. The number of aryl methyl sites for hydroxylation is 1. The lowest BCUT2D eigenvalue weighted by atomic mass is 10.1. The smallest absolute Gasteiger partial charge is 0.229 e. The molecule has 33 heavy (non-hydrogen) atoms. The van der Waals surface area contributed by atoms with Crippen LogP contribution in [0.3, 0.4) is 0 Å². The van der Waals surface area contributed by atoms with E-state index in [2.05, 4.69) is 95.1 Å². The molecule has 2 heterocycles. The van der Waals surface area contributed by atoms with Crippen molar-refractivity contribution in [3.05, 3.63) is 65.9 Å². The first kappa shape index (κ1) is 23.0. The van der Waals surface area contributed by atoms with Crippen molar-refractivity contribution in [3.63, 3.8) is 0 Å². The molecule has 4 rings (SSSR count). The molecule has 0 spiro atoms. The number of hydrogen-bond acceptors (Lipinski definition) is 7. The summed E-state index contributed by atoms with van der Waals surface area (Å²) >= 11 is 0. The first-order chi connectivity index (χ1) is 15.9. The Morgan fingerprint density at radius 3 is 2.45 bits per heavy atom. The van der Waals surface area contributed by atoms with Crippen LogP contribution >= 0.6 is 0 Å². The van der Waals surface area contributed by atoms with Gasteiger partial charge in [0.2, 0.25) is 5.95 Å². The highest BCUT2D eigenvalue weighted by molar-refractivity contribution is 5.63. The van der Waals surface area contributed by atoms with E-state index in [1.807, 2.05) is 13.1 Å². The molecular weight excluding hydrogens is 412 g/mol. The van der Waals surface area contributed by atoms with Crippen LogP contribution in [0.4, 0.5) is 28.8 Å². The van der Waals surface area contributed by atoms with Crippen molar-refractivity contribution in [1.82, 2.24) is 15.3 Å². The quantitative estimate of drug-likeness (QED) is 0.472. The predicted octanol–water partition coefficient (Wildman–Crippen LogP) is 5.00. The van der Waals surface area contributed by atoms with Gasteiger partial charge in [-0.2, -0.15) is 4.98 Å². The van der Waals surface area contributed by atoms with Gasteiger partial charge in [-0.05, 0) is 69.7 Å². The van der Waals surface area contributed by atoms with E-state index in [1.165, 1.54) is 11.3 Å². The number of nitrogens with one attached hydrogen (secondary N) is 3. The zero-order valence-corrected chi connectivity index (χ0v) is 20.0. The van der Waals surface area contributed by atoms with Crippen LogP contribution in [0.15, 0.2) is 54.7 Å². The molecule has 3 aromatic rings. The molecule has 1 aliphatic heterocycles. The largest absolute Gasteiger partial charge is 0.378 e. The zero-order chi connectivity index (χ0) is 23.3. The van der Waals surface area contributed by atoms with Gasteiger partial charge in [-0.15, -0.1) is 0 Å². The maximum atomic E-state index is 5.44. The third-order valence-corrected chi connectivity index (χ3v) is 5.48. The van der Waals surface area contributed by atoms with E-state index in [4.69, 9.17) is 9.72 Å². The van der Waals surface area contributed by atoms with E-state index >= 15 is 0 Å². The van der Waals surface area contributed by atoms with Gasteiger partial charge in [-0.3, -0.25) is 0 Å². The molecule has 1 aliphatic rings. The molecule has 0 amide bonds. The molecule has 0 atom stereocenters. The molecule has 0 radical (unpaired) electrons. The third kappa shape index (κ3) is 6.66. The average molecular weight is 447 g/mol. The van der Waals surface area contributed by atoms with Gasteiger partial charge >= 0.3 is 0 Å². The van der Waals surface area contributed by atoms with Gasteiger partial charge in [0.25, 0.3) is 0 Å². The lowest BCUT2D eigenvalue weighted by Crippen LogP contribution is -2.36. The Morgan fingerprint density at radius 1 is 0.970 bits per heavy atom. The number of ether oxygens (including phenoxy) is 1. The maximum absolute atomic E-state index is 5.44. The van der Waals surface area contributed by atoms with E-state index in [0.29, 0.717) is 5.95 Å². The van der Waals surface area contributed by atoms with Gasteiger partial charge in [-0.25, -0.2) is 4.98 Å². The van der Waals surface area contributed by atoms with Crippen molar-refractivity contribution in [2.75, 3.05) is 41.8 Å². The Labute approximate surface area is 196 Å². The lowest BCUT2D eigenvalue weighted by molar-refractivity contribution is 0.122. The topological polar surface area (TPSA) is 74.3 Å². The molecule has 0 aliphatic carbocycles.